The molecule has 5 amide bonds. The molecule has 378 valence electrons. The summed E-state index contributed by atoms with van der Waals surface area (Å²) in [4.78, 5) is 78.3. The molecule has 23 heteroatoms. The maximum atomic E-state index is 15.7. The number of benzene rings is 1. The second kappa shape index (κ2) is 18.7. The highest BCUT2D eigenvalue weighted by molar-refractivity contribution is 6.09. The highest BCUT2D eigenvalue weighted by atomic mass is 19.1. The van der Waals surface area contributed by atoms with Gasteiger partial charge in [-0.2, -0.15) is 10.2 Å². The maximum absolute atomic E-state index is 15.7. The van der Waals surface area contributed by atoms with Crippen molar-refractivity contribution in [1.82, 2.24) is 64.7 Å². The lowest BCUT2D eigenvalue weighted by molar-refractivity contribution is -0.136. The number of aryl methyl sites for hydroxylation is 1. The van der Waals surface area contributed by atoms with Crippen LogP contribution in [0.5, 0.6) is 0 Å². The number of piperazine rings is 1. The number of anilines is 3. The number of aromatic nitrogens is 9. The third-order valence-electron chi connectivity index (χ3n) is 14.9. The number of imide groups is 1. The average molecular weight is 987 g/mol. The third kappa shape index (κ3) is 9.02. The van der Waals surface area contributed by atoms with E-state index in [1.165, 1.54) is 17.3 Å². The van der Waals surface area contributed by atoms with Gasteiger partial charge in [-0.05, 0) is 88.8 Å². The number of fused-ring (bicyclic) bond motifs is 2. The minimum Gasteiger partial charge on any atom is -0.439 e. The second-order valence-electron chi connectivity index (χ2n) is 20.7. The summed E-state index contributed by atoms with van der Waals surface area (Å²) in [6.45, 7) is 11.9. The molecule has 0 bridgehead atoms. The predicted octanol–water partition coefficient (Wildman–Crippen LogP) is 5.00. The van der Waals surface area contributed by atoms with E-state index in [1.54, 1.807) is 27.6 Å². The molecular formula is C49H59FN16O6. The van der Waals surface area contributed by atoms with Gasteiger partial charge in [-0.15, -0.1) is 0 Å². The van der Waals surface area contributed by atoms with Gasteiger partial charge in [0.15, 0.2) is 29.7 Å². The number of carbonyl (C=O) groups excluding carboxylic acids is 4. The third-order valence-corrected chi connectivity index (χ3v) is 14.9. The fourth-order valence-corrected chi connectivity index (χ4v) is 10.6. The monoisotopic (exact) mass is 986 g/mol. The second-order valence-corrected chi connectivity index (χ2v) is 20.7. The van der Waals surface area contributed by atoms with E-state index in [0.29, 0.717) is 120 Å². The fraction of sp³-hybridized carbons (Fsp3) is 0.531. The van der Waals surface area contributed by atoms with E-state index < -0.39 is 17.7 Å². The molecule has 0 spiro atoms. The normalized spacial score (nSPS) is 19.0. The van der Waals surface area contributed by atoms with Gasteiger partial charge in [0.05, 0.1) is 27.7 Å². The zero-order chi connectivity index (χ0) is 50.0. The van der Waals surface area contributed by atoms with Crippen LogP contribution in [0.1, 0.15) is 88.9 Å². The minimum absolute atomic E-state index is 0.135. The van der Waals surface area contributed by atoms with Crippen LogP contribution in [0.3, 0.4) is 0 Å². The smallest absolute Gasteiger partial charge is 0.410 e. The number of carbonyl (C=O) groups is 4. The zero-order valence-electron chi connectivity index (χ0n) is 41.0. The first-order valence-electron chi connectivity index (χ1n) is 24.9. The molecule has 1 aromatic carbocycles. The molecule has 4 aliphatic heterocycles. The molecular weight excluding hydrogens is 928 g/mol. The van der Waals surface area contributed by atoms with Crippen molar-refractivity contribution in [1.29, 1.82) is 0 Å². The first kappa shape index (κ1) is 47.0. The lowest BCUT2D eigenvalue weighted by Gasteiger charge is -2.39. The number of likely N-dealkylation sites (tertiary alicyclic amines) is 2. The van der Waals surface area contributed by atoms with Crippen LogP contribution in [-0.2, 0) is 26.9 Å². The largest absolute Gasteiger partial charge is 0.439 e. The molecule has 6 aromatic rings. The van der Waals surface area contributed by atoms with Crippen molar-refractivity contribution in [3.63, 3.8) is 0 Å². The lowest BCUT2D eigenvalue weighted by atomic mass is 9.91. The number of hydrogen-bond donors (Lipinski definition) is 2. The van der Waals surface area contributed by atoms with Crippen molar-refractivity contribution in [2.45, 2.75) is 83.1 Å². The number of ether oxygens (including phenoxy) is 1. The Bertz CT molecular complexity index is 3060. The van der Waals surface area contributed by atoms with Gasteiger partial charge in [-0.25, -0.2) is 38.6 Å². The molecule has 0 radical (unpaired) electrons. The number of amides is 5. The summed E-state index contributed by atoms with van der Waals surface area (Å²) in [6.07, 6.45) is 9.84. The van der Waals surface area contributed by atoms with Gasteiger partial charge in [-0.1, -0.05) is 5.16 Å². The minimum atomic E-state index is -0.562. The molecule has 1 saturated carbocycles. The quantitative estimate of drug-likeness (QED) is 0.183. The predicted molar refractivity (Wildman–Crippen MR) is 262 cm³/mol. The summed E-state index contributed by atoms with van der Waals surface area (Å²) in [7, 11) is 1.76. The van der Waals surface area contributed by atoms with Crippen molar-refractivity contribution < 1.29 is 32.8 Å². The van der Waals surface area contributed by atoms with Gasteiger partial charge >= 0.3 is 12.1 Å². The van der Waals surface area contributed by atoms with E-state index in [2.05, 4.69) is 30.4 Å². The Balaban J connectivity index is 0.633. The molecule has 9 heterocycles. The number of urea groups is 1. The van der Waals surface area contributed by atoms with Gasteiger partial charge in [0.2, 0.25) is 5.91 Å². The van der Waals surface area contributed by atoms with Crippen LogP contribution in [0.15, 0.2) is 35.4 Å². The topological polar surface area (TPSA) is 245 Å². The van der Waals surface area contributed by atoms with Crippen LogP contribution in [0.4, 0.5) is 31.3 Å². The van der Waals surface area contributed by atoms with Crippen molar-refractivity contribution in [2.24, 2.45) is 13.0 Å². The SMILES string of the molecule is Cn1nc(N2CCC(=O)NC2=O)c2cc(F)c(N3CCN(CC4CCN(C(=O)COC(=O)N5CCC(c6cnc(-c7c(-c8nn(C(C)(C)C)c9ncnc(N)c89)noc7C7CC7)nc6)CC5)CC4)CC3)cc21. The van der Waals surface area contributed by atoms with Gasteiger partial charge in [0.25, 0.3) is 5.91 Å². The number of hydrogen-bond acceptors (Lipinski definition) is 16. The number of nitrogens with zero attached hydrogens (tertiary/aromatic N) is 14. The highest BCUT2D eigenvalue weighted by Gasteiger charge is 2.38. The maximum Gasteiger partial charge on any atom is 0.410 e. The van der Waals surface area contributed by atoms with Crippen molar-refractivity contribution >= 4 is 63.2 Å². The van der Waals surface area contributed by atoms with E-state index in [4.69, 9.17) is 30.1 Å². The Morgan fingerprint density at radius 1 is 0.861 bits per heavy atom. The van der Waals surface area contributed by atoms with Gasteiger partial charge in [0.1, 0.15) is 29.4 Å². The molecule has 4 saturated heterocycles. The number of halogens is 1. The summed E-state index contributed by atoms with van der Waals surface area (Å²) in [6, 6.07) is 2.66. The standard InChI is InChI=1S/C49H59FN16O6/c1-49(2,3)66-46-39(43(51)54-27-55-46)40(57-66)41-38(42(72-59-41)30-5-6-30)44-52-23-31(24-53-44)29-9-14-64(15-10-29)48(70)71-26-37(68)63-12-7-28(8-13-63)25-61-17-19-62(20-18-61)35-22-34-32(21-33(35)50)45(58-60(34)4)65-16-11-36(67)56-47(65)69/h21-24,27-30H,5-20,25-26H2,1-4H3,(H2,51,54,55)(H,56,67,69). The number of rotatable bonds is 10. The molecule has 72 heavy (non-hydrogen) atoms. The summed E-state index contributed by atoms with van der Waals surface area (Å²) in [5.41, 5.74) is 10.5. The summed E-state index contributed by atoms with van der Waals surface area (Å²) >= 11 is 0. The van der Waals surface area contributed by atoms with Crippen LogP contribution in [0.25, 0.3) is 44.7 Å². The number of nitrogens with two attached hydrogens (primary N) is 1. The Hall–Kier alpha value is -7.30. The molecule has 0 unspecified atom stereocenters. The van der Waals surface area contributed by atoms with Crippen molar-refractivity contribution in [2.75, 3.05) is 87.6 Å². The van der Waals surface area contributed by atoms with Crippen LogP contribution in [0.2, 0.25) is 0 Å². The van der Waals surface area contributed by atoms with Crippen molar-refractivity contribution in [3.8, 4) is 22.8 Å². The number of piperidine rings is 2. The summed E-state index contributed by atoms with van der Waals surface area (Å²) < 4.78 is 30.7. The average Bonchev–Trinajstić information content (AvgIpc) is 3.86. The van der Waals surface area contributed by atoms with Crippen LogP contribution < -0.4 is 20.9 Å². The van der Waals surface area contributed by atoms with Crippen LogP contribution in [-0.4, -0.2) is 155 Å². The Morgan fingerprint density at radius 2 is 1.58 bits per heavy atom. The molecule has 1 aliphatic carbocycles. The molecule has 5 fully saturated rings. The van der Waals surface area contributed by atoms with Gasteiger partial charge in [0, 0.05) is 103 Å². The first-order chi connectivity index (χ1) is 34.7. The van der Waals surface area contributed by atoms with E-state index in [-0.39, 0.29) is 49.0 Å². The Morgan fingerprint density at radius 3 is 2.28 bits per heavy atom. The Labute approximate surface area is 414 Å². The van der Waals surface area contributed by atoms with Gasteiger partial charge in [-0.3, -0.25) is 29.4 Å². The lowest BCUT2D eigenvalue weighted by Crippen LogP contribution is -2.50. The van der Waals surface area contributed by atoms with Gasteiger partial charge < -0.3 is 29.7 Å². The highest BCUT2D eigenvalue weighted by Crippen LogP contribution is 2.48. The molecule has 22 nitrogen and oxygen atoms in total. The van der Waals surface area contributed by atoms with Crippen LogP contribution in [0, 0.1) is 11.7 Å². The molecule has 5 aromatic heterocycles. The number of nitrogens with one attached hydrogen (secondary N) is 1. The van der Waals surface area contributed by atoms with E-state index in [9.17, 15) is 19.2 Å². The van der Waals surface area contributed by atoms with E-state index in [1.807, 2.05) is 42.7 Å². The van der Waals surface area contributed by atoms with Crippen molar-refractivity contribution in [3.05, 3.63) is 48.0 Å². The molecule has 5 aliphatic rings. The van der Waals surface area contributed by atoms with E-state index in [0.717, 1.165) is 56.6 Å². The summed E-state index contributed by atoms with van der Waals surface area (Å²) in [5.74, 6) is 1.68. The molecule has 3 N–H and O–H groups in total. The zero-order valence-corrected chi connectivity index (χ0v) is 41.0. The summed E-state index contributed by atoms with van der Waals surface area (Å²) in [5, 5.41) is 17.4. The molecule has 0 atom stereocenters. The first-order valence-corrected chi connectivity index (χ1v) is 24.9. The fourth-order valence-electron chi connectivity index (χ4n) is 10.6. The van der Waals surface area contributed by atoms with E-state index >= 15 is 4.39 Å². The Kier molecular flexibility index (Phi) is 12.2. The molecule has 11 rings (SSSR count). The number of nitrogen functional groups attached to an aromatic ring is 1. The van der Waals surface area contributed by atoms with Crippen LogP contribution >= 0.6 is 0 Å².